The summed E-state index contributed by atoms with van der Waals surface area (Å²) in [5, 5.41) is 25.2. The lowest BCUT2D eigenvalue weighted by atomic mass is 9.98. The molecule has 1 rings (SSSR count). The Morgan fingerprint density at radius 2 is 0.972 bits per heavy atom. The van der Waals surface area contributed by atoms with E-state index in [4.69, 9.17) is 0 Å². The van der Waals surface area contributed by atoms with Crippen molar-refractivity contribution >= 4 is 0 Å². The minimum Gasteiger partial charge on any atom is -0.391 e. The molecule has 36 heavy (non-hydrogen) atoms. The Kier molecular flexibility index (Phi) is 23.6. The molecule has 0 spiro atoms. The first-order valence-electron chi connectivity index (χ1n) is 16.5. The number of rotatable bonds is 26. The summed E-state index contributed by atoms with van der Waals surface area (Å²) in [6, 6.07) is 0.0598. The highest BCUT2D eigenvalue weighted by Crippen LogP contribution is 2.20. The van der Waals surface area contributed by atoms with Gasteiger partial charge in [0.15, 0.2) is 0 Å². The molecule has 1 aliphatic heterocycles. The molecule has 0 radical (unpaired) electrons. The summed E-state index contributed by atoms with van der Waals surface area (Å²) < 4.78 is 0. The van der Waals surface area contributed by atoms with Crippen molar-refractivity contribution in [2.24, 2.45) is 0 Å². The standard InChI is InChI=1S/C32H66N2O2/c1-3-5-7-9-11-13-15-17-19-21-23-25-31(35)30-29-33-27-28-34(30)32(36)26-24-22-20-18-16-14-12-10-8-6-4-2/h30-33,35-36H,3-29H2,1-2H3. The van der Waals surface area contributed by atoms with Crippen LogP contribution in [-0.2, 0) is 0 Å². The van der Waals surface area contributed by atoms with Crippen LogP contribution in [0.4, 0.5) is 0 Å². The van der Waals surface area contributed by atoms with E-state index in [-0.39, 0.29) is 12.1 Å². The number of nitrogens with zero attached hydrogens (tertiary/aromatic N) is 1. The molecule has 4 nitrogen and oxygen atoms in total. The van der Waals surface area contributed by atoms with Crippen LogP contribution in [0.3, 0.4) is 0 Å². The summed E-state index contributed by atoms with van der Waals surface area (Å²) >= 11 is 0. The Labute approximate surface area is 226 Å². The van der Waals surface area contributed by atoms with E-state index >= 15 is 0 Å². The van der Waals surface area contributed by atoms with Crippen molar-refractivity contribution in [3.63, 3.8) is 0 Å². The fourth-order valence-electron chi connectivity index (χ4n) is 5.84. The molecule has 1 heterocycles. The summed E-state index contributed by atoms with van der Waals surface area (Å²) in [6.45, 7) is 7.12. The van der Waals surface area contributed by atoms with E-state index in [1.807, 2.05) is 0 Å². The van der Waals surface area contributed by atoms with E-state index in [2.05, 4.69) is 24.1 Å². The molecule has 0 amide bonds. The van der Waals surface area contributed by atoms with Crippen LogP contribution in [0.2, 0.25) is 0 Å². The van der Waals surface area contributed by atoms with Crippen molar-refractivity contribution in [2.75, 3.05) is 19.6 Å². The average molecular weight is 511 g/mol. The molecule has 3 unspecified atom stereocenters. The van der Waals surface area contributed by atoms with Crippen LogP contribution < -0.4 is 5.32 Å². The summed E-state index contributed by atoms with van der Waals surface area (Å²) in [4.78, 5) is 2.19. The van der Waals surface area contributed by atoms with Crippen LogP contribution in [0.1, 0.15) is 168 Å². The van der Waals surface area contributed by atoms with E-state index in [0.717, 1.165) is 45.3 Å². The lowest BCUT2D eigenvalue weighted by Gasteiger charge is -2.41. The van der Waals surface area contributed by atoms with Crippen molar-refractivity contribution < 1.29 is 10.2 Å². The molecular formula is C32H66N2O2. The van der Waals surface area contributed by atoms with Gasteiger partial charge in [0, 0.05) is 19.6 Å². The molecule has 4 heteroatoms. The van der Waals surface area contributed by atoms with Crippen LogP contribution >= 0.6 is 0 Å². The molecule has 0 bridgehead atoms. The molecule has 0 aliphatic carbocycles. The van der Waals surface area contributed by atoms with Gasteiger partial charge in [-0.05, 0) is 19.3 Å². The van der Waals surface area contributed by atoms with Gasteiger partial charge in [-0.25, -0.2) is 0 Å². The quantitative estimate of drug-likeness (QED) is 0.102. The zero-order valence-electron chi connectivity index (χ0n) is 24.7. The average Bonchev–Trinajstić information content (AvgIpc) is 2.90. The fourth-order valence-corrected chi connectivity index (χ4v) is 5.84. The lowest BCUT2D eigenvalue weighted by molar-refractivity contribution is -0.0776. The largest absolute Gasteiger partial charge is 0.391 e. The third-order valence-electron chi connectivity index (χ3n) is 8.32. The van der Waals surface area contributed by atoms with Gasteiger partial charge in [-0.3, -0.25) is 4.90 Å². The van der Waals surface area contributed by atoms with Gasteiger partial charge in [0.05, 0.1) is 12.1 Å². The van der Waals surface area contributed by atoms with Gasteiger partial charge in [0.25, 0.3) is 0 Å². The maximum Gasteiger partial charge on any atom is 0.107 e. The maximum atomic E-state index is 10.9. The predicted molar refractivity (Wildman–Crippen MR) is 158 cm³/mol. The summed E-state index contributed by atoms with van der Waals surface area (Å²) in [6.07, 6.45) is 30.4. The molecule has 0 aromatic heterocycles. The van der Waals surface area contributed by atoms with Crippen molar-refractivity contribution in [3.8, 4) is 0 Å². The van der Waals surface area contributed by atoms with Crippen LogP contribution in [-0.4, -0.2) is 53.1 Å². The zero-order valence-corrected chi connectivity index (χ0v) is 24.7. The highest BCUT2D eigenvalue weighted by Gasteiger charge is 2.32. The van der Waals surface area contributed by atoms with Crippen LogP contribution in [0.25, 0.3) is 0 Å². The van der Waals surface area contributed by atoms with Crippen LogP contribution in [0, 0.1) is 0 Å². The first-order chi connectivity index (χ1) is 17.7. The Hall–Kier alpha value is -0.160. The number of aliphatic hydroxyl groups excluding tert-OH is 2. The molecule has 1 aliphatic rings. The zero-order chi connectivity index (χ0) is 26.1. The second-order valence-corrected chi connectivity index (χ2v) is 11.7. The second-order valence-electron chi connectivity index (χ2n) is 11.7. The smallest absolute Gasteiger partial charge is 0.107 e. The van der Waals surface area contributed by atoms with E-state index < -0.39 is 6.23 Å². The number of aliphatic hydroxyl groups is 2. The second kappa shape index (κ2) is 25.1. The number of hydrogen-bond acceptors (Lipinski definition) is 4. The van der Waals surface area contributed by atoms with Gasteiger partial charge in [0.1, 0.15) is 6.23 Å². The third-order valence-corrected chi connectivity index (χ3v) is 8.32. The minimum atomic E-state index is -0.400. The normalized spacial score (nSPS) is 18.5. The molecule has 1 fully saturated rings. The number of hydrogen-bond donors (Lipinski definition) is 3. The molecule has 1 saturated heterocycles. The molecular weight excluding hydrogens is 444 g/mol. The van der Waals surface area contributed by atoms with Crippen LogP contribution in [0.15, 0.2) is 0 Å². The molecule has 0 saturated carbocycles. The van der Waals surface area contributed by atoms with Gasteiger partial charge >= 0.3 is 0 Å². The van der Waals surface area contributed by atoms with E-state index in [9.17, 15) is 10.2 Å². The van der Waals surface area contributed by atoms with Gasteiger partial charge in [-0.2, -0.15) is 0 Å². The Bertz CT molecular complexity index is 408. The van der Waals surface area contributed by atoms with Crippen LogP contribution in [0.5, 0.6) is 0 Å². The third kappa shape index (κ3) is 18.2. The number of unbranched alkanes of at least 4 members (excludes halogenated alkanes) is 20. The lowest BCUT2D eigenvalue weighted by Crippen LogP contribution is -2.59. The van der Waals surface area contributed by atoms with E-state index in [1.165, 1.54) is 128 Å². The summed E-state index contributed by atoms with van der Waals surface area (Å²) in [5.41, 5.74) is 0. The molecule has 216 valence electrons. The minimum absolute atomic E-state index is 0.0598. The predicted octanol–water partition coefficient (Wildman–Crippen LogP) is 8.34. The number of piperazine rings is 1. The number of nitrogens with one attached hydrogen (secondary N) is 1. The van der Waals surface area contributed by atoms with Crippen molar-refractivity contribution in [2.45, 2.75) is 186 Å². The maximum absolute atomic E-state index is 10.9. The van der Waals surface area contributed by atoms with Gasteiger partial charge in [-0.1, -0.05) is 149 Å². The highest BCUT2D eigenvalue weighted by atomic mass is 16.3. The molecule has 0 aromatic carbocycles. The monoisotopic (exact) mass is 511 g/mol. The van der Waals surface area contributed by atoms with Gasteiger partial charge in [0.2, 0.25) is 0 Å². The summed E-state index contributed by atoms with van der Waals surface area (Å²) in [5.74, 6) is 0. The highest BCUT2D eigenvalue weighted by molar-refractivity contribution is 4.86. The molecule has 3 N–H and O–H groups in total. The van der Waals surface area contributed by atoms with E-state index in [0.29, 0.717) is 0 Å². The van der Waals surface area contributed by atoms with E-state index in [1.54, 1.807) is 0 Å². The van der Waals surface area contributed by atoms with Crippen molar-refractivity contribution in [3.05, 3.63) is 0 Å². The Balaban J connectivity index is 2.07. The van der Waals surface area contributed by atoms with Gasteiger partial charge in [-0.15, -0.1) is 0 Å². The summed E-state index contributed by atoms with van der Waals surface area (Å²) in [7, 11) is 0. The SMILES string of the molecule is CCCCCCCCCCCCCC(O)C1CNCCN1C(O)CCCCCCCCCCCCC. The van der Waals surface area contributed by atoms with Gasteiger partial charge < -0.3 is 15.5 Å². The molecule has 3 atom stereocenters. The topological polar surface area (TPSA) is 55.7 Å². The first kappa shape index (κ1) is 33.9. The molecule has 0 aromatic rings. The fraction of sp³-hybridized carbons (Fsp3) is 1.00. The first-order valence-corrected chi connectivity index (χ1v) is 16.5. The Morgan fingerprint density at radius 1 is 0.583 bits per heavy atom. The Morgan fingerprint density at radius 3 is 1.42 bits per heavy atom. The van der Waals surface area contributed by atoms with Crippen molar-refractivity contribution in [1.82, 2.24) is 10.2 Å². The van der Waals surface area contributed by atoms with Crippen molar-refractivity contribution in [1.29, 1.82) is 0 Å².